The Labute approximate surface area is 170 Å². The smallest absolute Gasteiger partial charge is 0.184 e. The number of piperidine rings is 1. The molecule has 8 heteroatoms. The van der Waals surface area contributed by atoms with Crippen molar-refractivity contribution in [2.75, 3.05) is 66.1 Å². The van der Waals surface area contributed by atoms with Gasteiger partial charge in [-0.2, -0.15) is 0 Å². The summed E-state index contributed by atoms with van der Waals surface area (Å²) in [5.41, 5.74) is 0. The van der Waals surface area contributed by atoms with Gasteiger partial charge in [0.25, 0.3) is 0 Å². The number of fused-ring (bicyclic) bond motifs is 3. The maximum absolute atomic E-state index is 6.41. The van der Waals surface area contributed by atoms with E-state index in [0.29, 0.717) is 36.7 Å². The van der Waals surface area contributed by atoms with Crippen LogP contribution in [0.15, 0.2) is 0 Å². The van der Waals surface area contributed by atoms with Gasteiger partial charge < -0.3 is 23.8 Å². The molecule has 0 bridgehead atoms. The van der Waals surface area contributed by atoms with Gasteiger partial charge in [0.15, 0.2) is 6.29 Å². The van der Waals surface area contributed by atoms with Gasteiger partial charge in [-0.15, -0.1) is 0 Å². The first-order valence-electron chi connectivity index (χ1n) is 11.1. The summed E-state index contributed by atoms with van der Waals surface area (Å²) < 4.78 is 23.4. The molecule has 156 valence electrons. The van der Waals surface area contributed by atoms with E-state index in [1.54, 1.807) is 0 Å². The van der Waals surface area contributed by atoms with Crippen LogP contribution in [0.1, 0.15) is 13.3 Å². The standard InChI is InChI=1S/C20H34BN3O4/c1-3-26-20-19(28-20)14-11-24(5-4-23-6-8-25-9-7-23)15-12-22(2)16(21)10-13(15)17-18(14)27-17/h13-20H,3-12H2,1-2H3. The Morgan fingerprint density at radius 2 is 1.79 bits per heavy atom. The van der Waals surface area contributed by atoms with Gasteiger partial charge in [0, 0.05) is 63.8 Å². The average molecular weight is 391 g/mol. The SMILES string of the molecule is [B]C1CC2C3OC3C(C3OC3OCC)CN(CCN3CCOCC3)C2CN1C. The van der Waals surface area contributed by atoms with Crippen LogP contribution in [0.3, 0.4) is 0 Å². The van der Waals surface area contributed by atoms with E-state index in [2.05, 4.69) is 21.7 Å². The summed E-state index contributed by atoms with van der Waals surface area (Å²) in [6.07, 6.45) is 1.82. The molecule has 0 N–H and O–H groups in total. The molecule has 2 radical (unpaired) electrons. The fourth-order valence-corrected chi connectivity index (χ4v) is 5.61. The van der Waals surface area contributed by atoms with Crippen LogP contribution in [0.25, 0.3) is 0 Å². The Kier molecular flexibility index (Phi) is 5.73. The lowest BCUT2D eigenvalue weighted by Gasteiger charge is -2.46. The number of rotatable bonds is 6. The minimum atomic E-state index is -0.0361. The third kappa shape index (κ3) is 3.89. The molecule has 5 aliphatic heterocycles. The van der Waals surface area contributed by atoms with E-state index in [1.165, 1.54) is 0 Å². The maximum atomic E-state index is 6.41. The van der Waals surface area contributed by atoms with Gasteiger partial charge in [0.05, 0.1) is 33.3 Å². The van der Waals surface area contributed by atoms with Crippen molar-refractivity contribution in [3.8, 4) is 0 Å². The highest BCUT2D eigenvalue weighted by molar-refractivity contribution is 6.11. The molecule has 8 unspecified atom stereocenters. The molecule has 0 amide bonds. The molecule has 0 aromatic rings. The van der Waals surface area contributed by atoms with Crippen LogP contribution in [0, 0.1) is 11.8 Å². The molecule has 28 heavy (non-hydrogen) atoms. The molecule has 5 heterocycles. The summed E-state index contributed by atoms with van der Waals surface area (Å²) in [6, 6.07) is 0.509. The van der Waals surface area contributed by atoms with E-state index < -0.39 is 0 Å². The summed E-state index contributed by atoms with van der Waals surface area (Å²) in [6.45, 7) is 10.8. The van der Waals surface area contributed by atoms with E-state index in [1.807, 2.05) is 6.92 Å². The number of hydrogen-bond donors (Lipinski definition) is 0. The van der Waals surface area contributed by atoms with Crippen molar-refractivity contribution in [1.29, 1.82) is 0 Å². The molecule has 0 saturated carbocycles. The van der Waals surface area contributed by atoms with Crippen LogP contribution in [-0.2, 0) is 18.9 Å². The first-order valence-corrected chi connectivity index (χ1v) is 11.1. The molecule has 0 aliphatic carbocycles. The number of likely N-dealkylation sites (tertiary alicyclic amines) is 2. The van der Waals surface area contributed by atoms with Gasteiger partial charge in [0.2, 0.25) is 0 Å². The Hall–Kier alpha value is -0.215. The Morgan fingerprint density at radius 3 is 2.57 bits per heavy atom. The summed E-state index contributed by atoms with van der Waals surface area (Å²) in [4.78, 5) is 7.56. The summed E-state index contributed by atoms with van der Waals surface area (Å²) >= 11 is 0. The molecule has 0 aromatic carbocycles. The lowest BCUT2D eigenvalue weighted by molar-refractivity contribution is 0.00566. The monoisotopic (exact) mass is 391 g/mol. The van der Waals surface area contributed by atoms with Crippen molar-refractivity contribution in [2.45, 2.75) is 49.9 Å². The van der Waals surface area contributed by atoms with E-state index in [0.717, 1.165) is 58.9 Å². The molecule has 5 saturated heterocycles. The lowest BCUT2D eigenvalue weighted by Crippen LogP contribution is -2.57. The van der Waals surface area contributed by atoms with E-state index in [4.69, 9.17) is 26.8 Å². The van der Waals surface area contributed by atoms with Crippen molar-refractivity contribution >= 4 is 7.85 Å². The lowest BCUT2D eigenvalue weighted by atomic mass is 9.76. The Balaban J connectivity index is 1.30. The molecule has 7 nitrogen and oxygen atoms in total. The second-order valence-electron chi connectivity index (χ2n) is 9.08. The van der Waals surface area contributed by atoms with Crippen molar-refractivity contribution in [3.05, 3.63) is 0 Å². The molecule has 0 spiro atoms. The van der Waals surface area contributed by atoms with Crippen LogP contribution in [0.2, 0.25) is 0 Å². The minimum absolute atomic E-state index is 0.0361. The van der Waals surface area contributed by atoms with E-state index >= 15 is 0 Å². The summed E-state index contributed by atoms with van der Waals surface area (Å²) in [5, 5.41) is 0. The highest BCUT2D eigenvalue weighted by atomic mass is 16.8. The fourth-order valence-electron chi connectivity index (χ4n) is 5.61. The number of morpholine rings is 1. The highest BCUT2D eigenvalue weighted by Gasteiger charge is 2.62. The highest BCUT2D eigenvalue weighted by Crippen LogP contribution is 2.49. The largest absolute Gasteiger partial charge is 0.379 e. The normalized spacial score (nSPS) is 47.2. The van der Waals surface area contributed by atoms with Gasteiger partial charge in [-0.25, -0.2) is 0 Å². The van der Waals surface area contributed by atoms with Crippen molar-refractivity contribution in [2.24, 2.45) is 11.8 Å². The van der Waals surface area contributed by atoms with Crippen LogP contribution >= 0.6 is 0 Å². The summed E-state index contributed by atoms with van der Waals surface area (Å²) in [7, 11) is 8.56. The first-order chi connectivity index (χ1) is 13.7. The second-order valence-corrected chi connectivity index (χ2v) is 9.08. The van der Waals surface area contributed by atoms with Crippen LogP contribution in [-0.4, -0.2) is 125 Å². The van der Waals surface area contributed by atoms with Crippen LogP contribution < -0.4 is 0 Å². The molecule has 5 aliphatic rings. The first kappa shape index (κ1) is 19.7. The zero-order chi connectivity index (χ0) is 19.3. The van der Waals surface area contributed by atoms with Gasteiger partial charge in [-0.3, -0.25) is 9.80 Å². The third-order valence-electron chi connectivity index (χ3n) is 7.41. The van der Waals surface area contributed by atoms with Crippen molar-refractivity contribution in [1.82, 2.24) is 14.7 Å². The molecule has 8 atom stereocenters. The van der Waals surface area contributed by atoms with E-state index in [9.17, 15) is 0 Å². The average Bonchev–Trinajstić information content (AvgIpc) is 3.60. The quantitative estimate of drug-likeness (QED) is 0.451. The fraction of sp³-hybridized carbons (Fsp3) is 1.00. The van der Waals surface area contributed by atoms with Crippen molar-refractivity contribution in [3.63, 3.8) is 0 Å². The number of hydrogen-bond acceptors (Lipinski definition) is 7. The van der Waals surface area contributed by atoms with Gasteiger partial charge in [-0.1, -0.05) is 0 Å². The maximum Gasteiger partial charge on any atom is 0.184 e. The van der Waals surface area contributed by atoms with Gasteiger partial charge in [0.1, 0.15) is 6.10 Å². The predicted molar refractivity (Wildman–Crippen MR) is 105 cm³/mol. The molecule has 0 aromatic heterocycles. The van der Waals surface area contributed by atoms with Crippen LogP contribution in [0.4, 0.5) is 0 Å². The third-order valence-corrected chi connectivity index (χ3v) is 7.41. The zero-order valence-corrected chi connectivity index (χ0v) is 17.2. The number of nitrogens with zero attached hydrogens (tertiary/aromatic N) is 3. The Morgan fingerprint density at radius 1 is 1.00 bits per heavy atom. The second kappa shape index (κ2) is 8.14. The summed E-state index contributed by atoms with van der Waals surface area (Å²) in [5.74, 6) is 1.06. The van der Waals surface area contributed by atoms with Crippen molar-refractivity contribution < 1.29 is 18.9 Å². The number of epoxide rings is 2. The Bertz CT molecular complexity index is 552. The zero-order valence-electron chi connectivity index (χ0n) is 17.2. The molecule has 5 rings (SSSR count). The number of likely N-dealkylation sites (N-methyl/N-ethyl adjacent to an activating group) is 1. The van der Waals surface area contributed by atoms with Gasteiger partial charge >= 0.3 is 0 Å². The predicted octanol–water partition coefficient (Wildman–Crippen LogP) is -0.406. The van der Waals surface area contributed by atoms with Gasteiger partial charge in [-0.05, 0) is 26.3 Å². The molecular weight excluding hydrogens is 357 g/mol. The van der Waals surface area contributed by atoms with E-state index in [-0.39, 0.29) is 18.3 Å². The topological polar surface area (TPSA) is 53.2 Å². The molecular formula is C20H34BN3O4. The number of ether oxygens (including phenoxy) is 4. The molecule has 5 fully saturated rings. The minimum Gasteiger partial charge on any atom is -0.379 e. The van der Waals surface area contributed by atoms with Crippen LogP contribution in [0.5, 0.6) is 0 Å².